The van der Waals surface area contributed by atoms with Crippen molar-refractivity contribution in [2.75, 3.05) is 6.54 Å². The van der Waals surface area contributed by atoms with Crippen LogP contribution in [0.1, 0.15) is 51.8 Å². The van der Waals surface area contributed by atoms with Gasteiger partial charge in [0.15, 0.2) is 17.5 Å². The van der Waals surface area contributed by atoms with Crippen LogP contribution in [-0.4, -0.2) is 37.0 Å². The van der Waals surface area contributed by atoms with Gasteiger partial charge in [0.05, 0.1) is 28.6 Å². The molecule has 230 valence electrons. The number of H-pyrrole nitrogens is 1. The fourth-order valence-corrected chi connectivity index (χ4v) is 6.85. The molecule has 2 aliphatic rings. The first-order valence-electron chi connectivity index (χ1n) is 15.1. The third-order valence-electron chi connectivity index (χ3n) is 8.98. The zero-order chi connectivity index (χ0) is 31.5. The fourth-order valence-electron chi connectivity index (χ4n) is 6.85. The average Bonchev–Trinajstić information content (AvgIpc) is 3.85. The van der Waals surface area contributed by atoms with E-state index in [1.807, 2.05) is 39.9 Å². The number of pyridine rings is 1. The summed E-state index contributed by atoms with van der Waals surface area (Å²) in [6.07, 6.45) is 4.53. The molecule has 5 heterocycles. The quantitative estimate of drug-likeness (QED) is 0.217. The first kappa shape index (κ1) is 28.1. The van der Waals surface area contributed by atoms with Gasteiger partial charge in [-0.2, -0.15) is 0 Å². The summed E-state index contributed by atoms with van der Waals surface area (Å²) < 4.78 is 47.9. The normalized spacial score (nSPS) is 15.6. The lowest BCUT2D eigenvalue weighted by Gasteiger charge is -2.18. The molecule has 0 aliphatic carbocycles. The molecule has 1 fully saturated rings. The van der Waals surface area contributed by atoms with Crippen LogP contribution in [0.15, 0.2) is 82.2 Å². The molecule has 2 aliphatic heterocycles. The summed E-state index contributed by atoms with van der Waals surface area (Å²) in [6.45, 7) is 0.963. The van der Waals surface area contributed by atoms with E-state index in [-0.39, 0.29) is 23.6 Å². The summed E-state index contributed by atoms with van der Waals surface area (Å²) >= 11 is 0. The highest BCUT2D eigenvalue weighted by atomic mass is 19.2. The number of aromatic amines is 1. The monoisotopic (exact) mass is 621 g/mol. The van der Waals surface area contributed by atoms with Crippen LogP contribution >= 0.6 is 0 Å². The fraction of sp³-hybridized carbons (Fsp3) is 0.200. The molecule has 0 spiro atoms. The van der Waals surface area contributed by atoms with Gasteiger partial charge in [0.1, 0.15) is 5.82 Å². The maximum Gasteiger partial charge on any atom is 0.439 e. The van der Waals surface area contributed by atoms with E-state index in [0.29, 0.717) is 59.6 Å². The van der Waals surface area contributed by atoms with Crippen molar-refractivity contribution in [1.29, 1.82) is 0 Å². The molecule has 0 radical (unpaired) electrons. The van der Waals surface area contributed by atoms with E-state index in [1.165, 1.54) is 18.2 Å². The number of nitrogens with one attached hydrogen (secondary N) is 1. The summed E-state index contributed by atoms with van der Waals surface area (Å²) in [7, 11) is 0. The van der Waals surface area contributed by atoms with Crippen molar-refractivity contribution in [3.8, 4) is 22.5 Å². The summed E-state index contributed by atoms with van der Waals surface area (Å²) in [5.41, 5.74) is 6.05. The Kier molecular flexibility index (Phi) is 6.63. The third-order valence-corrected chi connectivity index (χ3v) is 8.98. The highest BCUT2D eigenvalue weighted by Crippen LogP contribution is 2.47. The van der Waals surface area contributed by atoms with Crippen LogP contribution in [0, 0.1) is 17.5 Å². The van der Waals surface area contributed by atoms with Crippen LogP contribution in [0.5, 0.6) is 0 Å². The van der Waals surface area contributed by atoms with Gasteiger partial charge in [-0.25, -0.2) is 18.0 Å². The van der Waals surface area contributed by atoms with Crippen LogP contribution in [0.2, 0.25) is 0 Å². The number of amides is 1. The number of nitrogens with zero attached hydrogens (tertiary/aromatic N) is 4. The first-order valence-corrected chi connectivity index (χ1v) is 15.1. The van der Waals surface area contributed by atoms with E-state index in [1.54, 1.807) is 18.2 Å². The molecule has 0 bridgehead atoms. The van der Waals surface area contributed by atoms with Crippen molar-refractivity contribution in [3.63, 3.8) is 0 Å². The number of benzene rings is 3. The predicted octanol–water partition coefficient (Wildman–Crippen LogP) is 6.59. The van der Waals surface area contributed by atoms with Gasteiger partial charge in [-0.15, -0.1) is 0 Å². The molecule has 1 saturated heterocycles. The second-order valence-corrected chi connectivity index (χ2v) is 11.8. The minimum absolute atomic E-state index is 0.117. The second-order valence-electron chi connectivity index (χ2n) is 11.8. The molecule has 6 aromatic rings. The lowest BCUT2D eigenvalue weighted by molar-refractivity contribution is 0.0776. The Balaban J connectivity index is 1.29. The number of halogens is 3. The molecule has 1 atom stereocenters. The smallest absolute Gasteiger partial charge is 0.343 e. The van der Waals surface area contributed by atoms with Crippen molar-refractivity contribution < 1.29 is 22.5 Å². The standard InChI is InChI=1S/C35H26F3N5O3/c36-23-8-3-19(4-9-23)6-11-26-30(33-40-35(45)46-41-33)29(31-32(39-26)28-2-1-14-43(28)34(31)44)22-7-12-27-21(17-22)13-15-42(27)18-20-5-10-24(37)25(38)16-20/h3-5,7-10,12-13,15-17,28H,1-2,6,11,14,18H2,(H,40,41,45)/t28-/m0/s1. The predicted molar refractivity (Wildman–Crippen MR) is 164 cm³/mol. The van der Waals surface area contributed by atoms with Crippen LogP contribution in [0.3, 0.4) is 0 Å². The summed E-state index contributed by atoms with van der Waals surface area (Å²) in [4.78, 5) is 35.8. The maximum absolute atomic E-state index is 14.0. The molecule has 8 nitrogen and oxygen atoms in total. The van der Waals surface area contributed by atoms with Crippen LogP contribution < -0.4 is 5.76 Å². The van der Waals surface area contributed by atoms with Gasteiger partial charge in [-0.05, 0) is 84.8 Å². The number of hydrogen-bond donors (Lipinski definition) is 1. The van der Waals surface area contributed by atoms with Crippen molar-refractivity contribution >= 4 is 16.8 Å². The Hall–Kier alpha value is -5.45. The number of aromatic nitrogens is 4. The Bertz CT molecular complexity index is 2220. The minimum atomic E-state index is -0.901. The Labute approximate surface area is 260 Å². The van der Waals surface area contributed by atoms with E-state index in [9.17, 15) is 22.8 Å². The van der Waals surface area contributed by atoms with E-state index in [4.69, 9.17) is 9.51 Å². The van der Waals surface area contributed by atoms with Crippen molar-refractivity contribution in [2.45, 2.75) is 38.3 Å². The van der Waals surface area contributed by atoms with Crippen LogP contribution in [0.25, 0.3) is 33.4 Å². The summed E-state index contributed by atoms with van der Waals surface area (Å²) in [5.74, 6) is -2.80. The molecular formula is C35H26F3N5O3. The maximum atomic E-state index is 14.0. The molecule has 0 saturated carbocycles. The van der Waals surface area contributed by atoms with Gasteiger partial charge in [0.2, 0.25) is 0 Å². The molecule has 3 aromatic carbocycles. The molecule has 0 unspecified atom stereocenters. The Morgan fingerprint density at radius 2 is 1.70 bits per heavy atom. The molecular weight excluding hydrogens is 595 g/mol. The van der Waals surface area contributed by atoms with Crippen LogP contribution in [-0.2, 0) is 19.4 Å². The second kappa shape index (κ2) is 10.9. The van der Waals surface area contributed by atoms with E-state index >= 15 is 0 Å². The topological polar surface area (TPSA) is 97.0 Å². The van der Waals surface area contributed by atoms with E-state index < -0.39 is 17.4 Å². The largest absolute Gasteiger partial charge is 0.439 e. The molecule has 1 N–H and O–H groups in total. The first-order chi connectivity index (χ1) is 22.3. The number of carbonyl (C=O) groups excluding carboxylic acids is 1. The van der Waals surface area contributed by atoms with E-state index in [2.05, 4.69) is 10.1 Å². The van der Waals surface area contributed by atoms with Crippen molar-refractivity contribution in [1.82, 2.24) is 24.6 Å². The van der Waals surface area contributed by atoms with Crippen molar-refractivity contribution in [3.05, 3.63) is 129 Å². The highest BCUT2D eigenvalue weighted by Gasteiger charge is 2.44. The average molecular weight is 622 g/mol. The molecule has 11 heteroatoms. The molecule has 1 amide bonds. The van der Waals surface area contributed by atoms with Gasteiger partial charge in [-0.3, -0.25) is 19.3 Å². The Morgan fingerprint density at radius 1 is 0.870 bits per heavy atom. The van der Waals surface area contributed by atoms with Gasteiger partial charge in [-0.1, -0.05) is 29.4 Å². The number of hydrogen-bond acceptors (Lipinski definition) is 5. The number of aryl methyl sites for hydroxylation is 2. The summed E-state index contributed by atoms with van der Waals surface area (Å²) in [6, 6.07) is 17.7. The number of rotatable bonds is 7. The van der Waals surface area contributed by atoms with Gasteiger partial charge in [0.25, 0.3) is 5.91 Å². The van der Waals surface area contributed by atoms with Gasteiger partial charge >= 0.3 is 5.76 Å². The highest BCUT2D eigenvalue weighted by molar-refractivity contribution is 6.09. The SMILES string of the molecule is O=C1c2c(nc(CCc3ccc(F)cc3)c(-c3noc(=O)[nH]3)c2-c2ccc3c(ccn3Cc3ccc(F)c(F)c3)c2)[C@@H]2CCCN12. The van der Waals surface area contributed by atoms with E-state index in [0.717, 1.165) is 40.9 Å². The molecule has 8 rings (SSSR count). The lowest BCUT2D eigenvalue weighted by Crippen LogP contribution is -2.23. The summed E-state index contributed by atoms with van der Waals surface area (Å²) in [5, 5.41) is 4.89. The Morgan fingerprint density at radius 3 is 2.48 bits per heavy atom. The zero-order valence-corrected chi connectivity index (χ0v) is 24.4. The number of carbonyl (C=O) groups is 1. The zero-order valence-electron chi connectivity index (χ0n) is 24.4. The van der Waals surface area contributed by atoms with Crippen molar-refractivity contribution in [2.24, 2.45) is 0 Å². The number of fused-ring (bicyclic) bond motifs is 4. The third kappa shape index (κ3) is 4.70. The van der Waals surface area contributed by atoms with Gasteiger partial charge < -0.3 is 9.47 Å². The molecule has 46 heavy (non-hydrogen) atoms. The van der Waals surface area contributed by atoms with Crippen LogP contribution in [0.4, 0.5) is 13.2 Å². The molecule has 3 aromatic heterocycles. The lowest BCUT2D eigenvalue weighted by atomic mass is 9.89. The van der Waals surface area contributed by atoms with Gasteiger partial charge in [0, 0.05) is 35.8 Å². The minimum Gasteiger partial charge on any atom is -0.343 e.